The number of carbonyl (C=O) groups is 1. The van der Waals surface area contributed by atoms with Crippen molar-refractivity contribution in [1.29, 1.82) is 0 Å². The van der Waals surface area contributed by atoms with E-state index in [2.05, 4.69) is 15.5 Å². The maximum absolute atomic E-state index is 12.5. The second-order valence-electron chi connectivity index (χ2n) is 5.48. The monoisotopic (exact) mass is 369 g/mol. The van der Waals surface area contributed by atoms with Gasteiger partial charge in [0.2, 0.25) is 5.89 Å². The molecule has 25 heavy (non-hydrogen) atoms. The number of rotatable bonds is 3. The van der Waals surface area contributed by atoms with Gasteiger partial charge in [0, 0.05) is 15.6 Å². The molecule has 7 heteroatoms. The van der Waals surface area contributed by atoms with Gasteiger partial charge in [0.15, 0.2) is 0 Å². The zero-order chi connectivity index (χ0) is 17.4. The topological polar surface area (TPSA) is 68.0 Å². The average Bonchev–Trinajstić information content (AvgIpc) is 3.20. The van der Waals surface area contributed by atoms with Gasteiger partial charge in [0.05, 0.1) is 5.02 Å². The van der Waals surface area contributed by atoms with Crippen LogP contribution in [-0.4, -0.2) is 16.1 Å². The van der Waals surface area contributed by atoms with Gasteiger partial charge >= 0.3 is 6.01 Å². The predicted octanol–water partition coefficient (Wildman–Crippen LogP) is 5.17. The van der Waals surface area contributed by atoms with Crippen molar-refractivity contribution in [3.05, 3.63) is 64.0 Å². The van der Waals surface area contributed by atoms with Crippen LogP contribution < -0.4 is 5.32 Å². The highest BCUT2D eigenvalue weighted by atomic mass is 35.5. The molecule has 5 nitrogen and oxygen atoms in total. The summed E-state index contributed by atoms with van der Waals surface area (Å²) in [7, 11) is 0. The lowest BCUT2D eigenvalue weighted by molar-refractivity contribution is 0.102. The normalized spacial score (nSPS) is 11.0. The lowest BCUT2D eigenvalue weighted by Gasteiger charge is -1.98. The number of aryl methyl sites for hydroxylation is 1. The number of hydrogen-bond donors (Lipinski definition) is 1. The maximum atomic E-state index is 12.5. The molecule has 4 aromatic rings. The Hall–Kier alpha value is -2.70. The van der Waals surface area contributed by atoms with Crippen LogP contribution in [0.15, 0.2) is 52.9 Å². The number of nitrogens with one attached hydrogen (secondary N) is 1. The average molecular weight is 370 g/mol. The van der Waals surface area contributed by atoms with Gasteiger partial charge in [-0.05, 0) is 25.1 Å². The van der Waals surface area contributed by atoms with Crippen LogP contribution in [-0.2, 0) is 0 Å². The van der Waals surface area contributed by atoms with E-state index in [9.17, 15) is 4.79 Å². The molecule has 0 unspecified atom stereocenters. The molecule has 2 aromatic heterocycles. The Kier molecular flexibility index (Phi) is 3.99. The van der Waals surface area contributed by atoms with E-state index in [1.807, 2.05) is 55.5 Å². The molecule has 0 radical (unpaired) electrons. The van der Waals surface area contributed by atoms with E-state index < -0.39 is 0 Å². The van der Waals surface area contributed by atoms with Crippen molar-refractivity contribution in [2.24, 2.45) is 0 Å². The first-order valence-electron chi connectivity index (χ1n) is 7.51. The number of benzene rings is 2. The second kappa shape index (κ2) is 6.31. The van der Waals surface area contributed by atoms with Crippen molar-refractivity contribution in [3.8, 4) is 11.5 Å². The van der Waals surface area contributed by atoms with Gasteiger partial charge in [-0.25, -0.2) is 0 Å². The molecule has 0 atom stereocenters. The van der Waals surface area contributed by atoms with Crippen LogP contribution in [0, 0.1) is 6.92 Å². The molecule has 1 N–H and O–H groups in total. The van der Waals surface area contributed by atoms with Crippen LogP contribution in [0.25, 0.3) is 21.5 Å². The Labute approximate surface area is 152 Å². The van der Waals surface area contributed by atoms with Crippen molar-refractivity contribution in [3.63, 3.8) is 0 Å². The summed E-state index contributed by atoms with van der Waals surface area (Å²) in [5.74, 6) is -0.0212. The first-order valence-corrected chi connectivity index (χ1v) is 8.70. The molecular weight excluding hydrogens is 358 g/mol. The van der Waals surface area contributed by atoms with E-state index in [4.69, 9.17) is 16.0 Å². The Morgan fingerprint density at radius 2 is 2.00 bits per heavy atom. The number of anilines is 1. The highest BCUT2D eigenvalue weighted by molar-refractivity contribution is 7.21. The fourth-order valence-corrected chi connectivity index (χ4v) is 3.89. The Morgan fingerprint density at radius 3 is 2.80 bits per heavy atom. The van der Waals surface area contributed by atoms with E-state index >= 15 is 0 Å². The fourth-order valence-electron chi connectivity index (χ4n) is 2.48. The molecule has 0 aliphatic rings. The van der Waals surface area contributed by atoms with Crippen LogP contribution in [0.2, 0.25) is 5.02 Å². The molecule has 124 valence electrons. The first kappa shape index (κ1) is 15.8. The van der Waals surface area contributed by atoms with Crippen LogP contribution in [0.3, 0.4) is 0 Å². The van der Waals surface area contributed by atoms with E-state index in [1.165, 1.54) is 11.3 Å². The molecule has 0 spiro atoms. The maximum Gasteiger partial charge on any atom is 0.322 e. The Morgan fingerprint density at radius 1 is 1.16 bits per heavy atom. The standard InChI is InChI=1S/C18H12ClN3O2S/c1-10-5-4-6-11(9-10)17-21-22-18(24-17)20-16(23)15-14(19)12-7-2-3-8-13(12)25-15/h2-9H,1H3,(H,20,22,23). The second-order valence-corrected chi connectivity index (χ2v) is 6.91. The zero-order valence-electron chi connectivity index (χ0n) is 13.1. The number of halogens is 1. The lowest BCUT2D eigenvalue weighted by atomic mass is 10.1. The van der Waals surface area contributed by atoms with E-state index in [-0.39, 0.29) is 11.9 Å². The molecule has 0 saturated carbocycles. The predicted molar refractivity (Wildman–Crippen MR) is 99.3 cm³/mol. The third-order valence-corrected chi connectivity index (χ3v) is 5.33. The third kappa shape index (κ3) is 3.01. The van der Waals surface area contributed by atoms with Gasteiger partial charge in [0.1, 0.15) is 4.88 Å². The van der Waals surface area contributed by atoms with Gasteiger partial charge in [-0.1, -0.05) is 52.6 Å². The zero-order valence-corrected chi connectivity index (χ0v) is 14.7. The van der Waals surface area contributed by atoms with Gasteiger partial charge in [-0.3, -0.25) is 10.1 Å². The van der Waals surface area contributed by atoms with Gasteiger partial charge < -0.3 is 4.42 Å². The quantitative estimate of drug-likeness (QED) is 0.541. The number of nitrogens with zero attached hydrogens (tertiary/aromatic N) is 2. The Bertz CT molecular complexity index is 1090. The van der Waals surface area contributed by atoms with Crippen molar-refractivity contribution in [1.82, 2.24) is 10.2 Å². The van der Waals surface area contributed by atoms with Gasteiger partial charge in [-0.2, -0.15) is 0 Å². The molecule has 2 aromatic carbocycles. The molecule has 0 aliphatic heterocycles. The van der Waals surface area contributed by atoms with Crippen molar-refractivity contribution in [2.75, 3.05) is 5.32 Å². The molecular formula is C18H12ClN3O2S. The minimum absolute atomic E-state index is 0.0371. The van der Waals surface area contributed by atoms with Gasteiger partial charge in [0.25, 0.3) is 5.91 Å². The summed E-state index contributed by atoms with van der Waals surface area (Å²) in [4.78, 5) is 12.9. The summed E-state index contributed by atoms with van der Waals surface area (Å²) in [6, 6.07) is 15.3. The Balaban J connectivity index is 1.60. The molecule has 0 aliphatic carbocycles. The minimum atomic E-state index is -0.370. The number of carbonyl (C=O) groups excluding carboxylic acids is 1. The summed E-state index contributed by atoms with van der Waals surface area (Å²) in [6.07, 6.45) is 0. The van der Waals surface area contributed by atoms with Crippen LogP contribution in [0.1, 0.15) is 15.2 Å². The summed E-state index contributed by atoms with van der Waals surface area (Å²) >= 11 is 7.64. The van der Waals surface area contributed by atoms with Crippen molar-refractivity contribution in [2.45, 2.75) is 6.92 Å². The highest BCUT2D eigenvalue weighted by Crippen LogP contribution is 2.35. The third-order valence-electron chi connectivity index (χ3n) is 3.65. The first-order chi connectivity index (χ1) is 12.1. The van der Waals surface area contributed by atoms with Crippen LogP contribution in [0.5, 0.6) is 0 Å². The van der Waals surface area contributed by atoms with Crippen LogP contribution in [0.4, 0.5) is 6.01 Å². The molecule has 4 rings (SSSR count). The minimum Gasteiger partial charge on any atom is -0.403 e. The molecule has 2 heterocycles. The van der Waals surface area contributed by atoms with E-state index in [0.29, 0.717) is 15.8 Å². The smallest absolute Gasteiger partial charge is 0.322 e. The van der Waals surface area contributed by atoms with Crippen molar-refractivity contribution >= 4 is 44.9 Å². The summed E-state index contributed by atoms with van der Waals surface area (Å²) in [5, 5.41) is 11.8. The fraction of sp³-hybridized carbons (Fsp3) is 0.0556. The number of hydrogen-bond acceptors (Lipinski definition) is 5. The lowest BCUT2D eigenvalue weighted by Crippen LogP contribution is -2.10. The number of thiophene rings is 1. The molecule has 0 bridgehead atoms. The van der Waals surface area contributed by atoms with Crippen LogP contribution >= 0.6 is 22.9 Å². The molecule has 0 fully saturated rings. The molecule has 0 saturated heterocycles. The molecule has 1 amide bonds. The SMILES string of the molecule is Cc1cccc(-c2nnc(NC(=O)c3sc4ccccc4c3Cl)o2)c1. The summed E-state index contributed by atoms with van der Waals surface area (Å²) in [5.41, 5.74) is 1.88. The highest BCUT2D eigenvalue weighted by Gasteiger charge is 2.19. The van der Waals surface area contributed by atoms with Crippen molar-refractivity contribution < 1.29 is 9.21 Å². The largest absolute Gasteiger partial charge is 0.403 e. The van der Waals surface area contributed by atoms with E-state index in [1.54, 1.807) is 0 Å². The van der Waals surface area contributed by atoms with Gasteiger partial charge in [-0.15, -0.1) is 16.4 Å². The number of fused-ring (bicyclic) bond motifs is 1. The summed E-state index contributed by atoms with van der Waals surface area (Å²) in [6.45, 7) is 1.98. The van der Waals surface area contributed by atoms with E-state index in [0.717, 1.165) is 21.2 Å². The number of amides is 1. The summed E-state index contributed by atoms with van der Waals surface area (Å²) < 4.78 is 6.49. The number of aromatic nitrogens is 2.